The van der Waals surface area contributed by atoms with Gasteiger partial charge in [0.15, 0.2) is 18.2 Å². The summed E-state index contributed by atoms with van der Waals surface area (Å²) in [7, 11) is 3.10. The molecule has 3 fully saturated rings. The van der Waals surface area contributed by atoms with E-state index in [2.05, 4.69) is 16.0 Å². The number of amides is 4. The van der Waals surface area contributed by atoms with Crippen molar-refractivity contribution in [3.8, 4) is 0 Å². The summed E-state index contributed by atoms with van der Waals surface area (Å²) in [5.74, 6) is -0.324. The molecule has 1 aliphatic carbocycles. The van der Waals surface area contributed by atoms with Crippen LogP contribution in [0.3, 0.4) is 0 Å². The molecule has 10 atom stereocenters. The molecule has 3 heterocycles. The van der Waals surface area contributed by atoms with Crippen molar-refractivity contribution in [3.05, 3.63) is 11.8 Å². The molecule has 7 N–H and O–H groups in total. The topological polar surface area (TPSA) is 256 Å². The first kappa shape index (κ1) is 48.2. The Balaban J connectivity index is 1.67. The molecule has 0 bridgehead atoms. The summed E-state index contributed by atoms with van der Waals surface area (Å²) >= 11 is 0. The van der Waals surface area contributed by atoms with Gasteiger partial charge in [0.05, 0.1) is 44.4 Å². The molecule has 4 rings (SSSR count). The van der Waals surface area contributed by atoms with Crippen molar-refractivity contribution >= 4 is 24.2 Å². The largest absolute Gasteiger partial charge is 0.468 e. The minimum atomic E-state index is -2.07. The van der Waals surface area contributed by atoms with Gasteiger partial charge in [0.25, 0.3) is 5.91 Å². The van der Waals surface area contributed by atoms with Crippen molar-refractivity contribution < 1.29 is 72.8 Å². The molecule has 0 radical (unpaired) electrons. The maximum absolute atomic E-state index is 13.9. The highest BCUT2D eigenvalue weighted by Gasteiger charge is 2.57. The zero-order valence-corrected chi connectivity index (χ0v) is 36.4. The number of hydrogen-bond acceptors (Lipinski definition) is 16. The lowest BCUT2D eigenvalue weighted by Crippen LogP contribution is -2.74. The van der Waals surface area contributed by atoms with Crippen molar-refractivity contribution in [1.29, 1.82) is 0 Å². The molecule has 4 aliphatic rings. The lowest BCUT2D eigenvalue weighted by molar-refractivity contribution is -0.311. The average Bonchev–Trinajstić information content (AvgIpc) is 3.05. The molecular formula is C39H67N5O15. The number of nitrogens with zero attached hydrogens (tertiary/aromatic N) is 2. The van der Waals surface area contributed by atoms with Gasteiger partial charge in [-0.2, -0.15) is 0 Å². The SMILES string of the molecule is CNCC1=CCC[C@@H](O[C@H]2[C@H](O)[C@@H](O[C@H]3OC[C@](C)(O)[C@H](N(C)C(=O)OC(C)(C)C)[C@H]3O)[C@H](NC(=O)C3(O)CN(C(=O)OC(C)(C)C)C3)C[C@@H]2NC(=O)OC(C)(C)C)O1. The molecule has 2 saturated heterocycles. The van der Waals surface area contributed by atoms with Gasteiger partial charge >= 0.3 is 18.3 Å². The van der Waals surface area contributed by atoms with Crippen molar-refractivity contribution in [2.75, 3.05) is 40.3 Å². The summed E-state index contributed by atoms with van der Waals surface area (Å²) in [4.78, 5) is 55.1. The van der Waals surface area contributed by atoms with Crippen LogP contribution in [0, 0.1) is 0 Å². The van der Waals surface area contributed by atoms with Gasteiger partial charge in [-0.15, -0.1) is 0 Å². The smallest absolute Gasteiger partial charge is 0.410 e. The third-order valence-corrected chi connectivity index (χ3v) is 9.86. The molecule has 3 aliphatic heterocycles. The lowest BCUT2D eigenvalue weighted by Gasteiger charge is -2.51. The normalized spacial score (nSPS) is 32.4. The van der Waals surface area contributed by atoms with Crippen LogP contribution in [0.4, 0.5) is 14.4 Å². The Morgan fingerprint density at radius 1 is 0.881 bits per heavy atom. The Labute approximate surface area is 346 Å². The van der Waals surface area contributed by atoms with Gasteiger partial charge in [0, 0.05) is 13.5 Å². The van der Waals surface area contributed by atoms with Gasteiger partial charge in [-0.05, 0) is 95.2 Å². The summed E-state index contributed by atoms with van der Waals surface area (Å²) < 4.78 is 41.0. The number of aliphatic hydroxyl groups excluding tert-OH is 2. The number of ether oxygens (including phenoxy) is 7. The first-order valence-corrected chi connectivity index (χ1v) is 20.0. The van der Waals surface area contributed by atoms with E-state index >= 15 is 0 Å². The highest BCUT2D eigenvalue weighted by Crippen LogP contribution is 2.35. The minimum absolute atomic E-state index is 0.184. The second-order valence-electron chi connectivity index (χ2n) is 19.0. The van der Waals surface area contributed by atoms with Crippen LogP contribution in [0.1, 0.15) is 88.5 Å². The summed E-state index contributed by atoms with van der Waals surface area (Å²) in [5.41, 5.74) is -6.50. The molecule has 20 nitrogen and oxygen atoms in total. The monoisotopic (exact) mass is 845 g/mol. The number of carbonyl (C=O) groups excluding carboxylic acids is 4. The number of alkyl carbamates (subject to hydrolysis) is 1. The fourth-order valence-electron chi connectivity index (χ4n) is 7.32. The zero-order valence-electron chi connectivity index (χ0n) is 36.4. The number of likely N-dealkylation sites (tertiary alicyclic amines) is 1. The van der Waals surface area contributed by atoms with Crippen molar-refractivity contribution in [2.24, 2.45) is 0 Å². The molecule has 0 spiro atoms. The summed E-state index contributed by atoms with van der Waals surface area (Å²) in [5, 5.41) is 55.2. The Morgan fingerprint density at radius 2 is 1.46 bits per heavy atom. The molecule has 4 amide bonds. The molecule has 59 heavy (non-hydrogen) atoms. The van der Waals surface area contributed by atoms with E-state index in [1.807, 2.05) is 6.08 Å². The van der Waals surface area contributed by atoms with E-state index in [4.69, 9.17) is 33.2 Å². The lowest BCUT2D eigenvalue weighted by atomic mass is 9.82. The third kappa shape index (κ3) is 12.8. The van der Waals surface area contributed by atoms with Gasteiger partial charge in [0.1, 0.15) is 52.6 Å². The number of aliphatic hydroxyl groups is 4. The van der Waals surface area contributed by atoms with Crippen LogP contribution in [-0.4, -0.2) is 178 Å². The molecule has 0 aromatic carbocycles. The molecule has 1 saturated carbocycles. The van der Waals surface area contributed by atoms with E-state index in [0.29, 0.717) is 25.1 Å². The number of nitrogens with one attached hydrogen (secondary N) is 3. The van der Waals surface area contributed by atoms with Crippen LogP contribution in [0.15, 0.2) is 11.8 Å². The average molecular weight is 846 g/mol. The van der Waals surface area contributed by atoms with Gasteiger partial charge in [-0.25, -0.2) is 14.4 Å². The van der Waals surface area contributed by atoms with Gasteiger partial charge < -0.3 is 79.3 Å². The number of allylic oxidation sites excluding steroid dienone is 1. The second-order valence-corrected chi connectivity index (χ2v) is 19.0. The van der Waals surface area contributed by atoms with E-state index in [-0.39, 0.29) is 6.42 Å². The van der Waals surface area contributed by atoms with Crippen LogP contribution in [-0.2, 0) is 38.0 Å². The van der Waals surface area contributed by atoms with Gasteiger partial charge in [-0.3, -0.25) is 4.79 Å². The minimum Gasteiger partial charge on any atom is -0.468 e. The van der Waals surface area contributed by atoms with Crippen molar-refractivity contribution in [2.45, 2.75) is 172 Å². The van der Waals surface area contributed by atoms with Gasteiger partial charge in [0.2, 0.25) is 0 Å². The number of β-amino-alcohol motifs (C(OH)–C–C–N with tert-alkyl or cyclic N) is 1. The van der Waals surface area contributed by atoms with E-state index < -0.39 is 127 Å². The highest BCUT2D eigenvalue weighted by atomic mass is 16.7. The predicted octanol–water partition coefficient (Wildman–Crippen LogP) is 0.825. The predicted molar refractivity (Wildman–Crippen MR) is 208 cm³/mol. The quantitative estimate of drug-likeness (QED) is 0.150. The maximum Gasteiger partial charge on any atom is 0.410 e. The highest BCUT2D eigenvalue weighted by molar-refractivity contribution is 5.89. The molecule has 0 unspecified atom stereocenters. The summed E-state index contributed by atoms with van der Waals surface area (Å²) in [6.45, 7) is 15.6. The summed E-state index contributed by atoms with van der Waals surface area (Å²) in [6, 6.07) is -3.64. The molecule has 338 valence electrons. The standard InChI is InChI=1S/C39H67N5O15/c1-35(2,3)57-32(48)42-23-16-22(41-31(47)39(52)18-44(19-39)34(50)59-37(7,8)9)28(25(45)27(23)55-24-15-13-14-21(54-24)17-40-11)56-30-26(46)29(38(10,51)20-53-30)43(12)33(49)58-36(4,5)6/h14,22-30,40,45-46,51-52H,13,15-20H2,1-12H3,(H,41,47)(H,42,48)/t22-,23+,24-,25+,26-,27-,28+,29-,30-,38+/m1/s1. The molecule has 20 heteroatoms. The molecule has 0 aromatic rings. The van der Waals surface area contributed by atoms with Crippen LogP contribution in [0.25, 0.3) is 0 Å². The van der Waals surface area contributed by atoms with Crippen LogP contribution >= 0.6 is 0 Å². The van der Waals surface area contributed by atoms with Crippen LogP contribution < -0.4 is 16.0 Å². The van der Waals surface area contributed by atoms with Crippen molar-refractivity contribution in [1.82, 2.24) is 25.8 Å². The number of rotatable bonds is 10. The number of carbonyl (C=O) groups is 4. The molecular weight excluding hydrogens is 778 g/mol. The third-order valence-electron chi connectivity index (χ3n) is 9.86. The fraction of sp³-hybridized carbons (Fsp3) is 0.846. The zero-order chi connectivity index (χ0) is 44.5. The van der Waals surface area contributed by atoms with Gasteiger partial charge in [-0.1, -0.05) is 0 Å². The first-order valence-electron chi connectivity index (χ1n) is 20.0. The van der Waals surface area contributed by atoms with Crippen molar-refractivity contribution in [3.63, 3.8) is 0 Å². The van der Waals surface area contributed by atoms with E-state index in [1.165, 1.54) is 14.0 Å². The summed E-state index contributed by atoms with van der Waals surface area (Å²) in [6.07, 6.45) is -8.45. The Bertz CT molecular complexity index is 1530. The molecule has 0 aromatic heterocycles. The Hall–Kier alpha value is -3.50. The Morgan fingerprint density at radius 3 is 2.03 bits per heavy atom. The van der Waals surface area contributed by atoms with E-state index in [9.17, 15) is 39.6 Å². The van der Waals surface area contributed by atoms with Crippen LogP contribution in [0.2, 0.25) is 0 Å². The number of hydrogen-bond donors (Lipinski definition) is 7. The fourth-order valence-corrected chi connectivity index (χ4v) is 7.32. The van der Waals surface area contributed by atoms with E-state index in [0.717, 1.165) is 9.80 Å². The maximum atomic E-state index is 13.9. The van der Waals surface area contributed by atoms with E-state index in [1.54, 1.807) is 69.4 Å². The Kier molecular flexibility index (Phi) is 14.9. The van der Waals surface area contributed by atoms with Crippen LogP contribution in [0.5, 0.6) is 0 Å². The number of likely N-dealkylation sites (N-methyl/N-ethyl adjacent to an activating group) is 2. The first-order chi connectivity index (χ1) is 27.0. The second kappa shape index (κ2) is 18.2.